The quantitative estimate of drug-likeness (QED) is 0.596. The van der Waals surface area contributed by atoms with Crippen LogP contribution in [0.4, 0.5) is 0 Å². The number of aliphatic carboxylic acids is 1. The minimum absolute atomic E-state index is 0.102. The summed E-state index contributed by atoms with van der Waals surface area (Å²) in [6, 6.07) is -0.927. The molecule has 2 aliphatic rings. The van der Waals surface area contributed by atoms with Gasteiger partial charge >= 0.3 is 11.9 Å². The molecule has 2 fully saturated rings. The van der Waals surface area contributed by atoms with Gasteiger partial charge in [0.2, 0.25) is 5.91 Å². The Bertz CT molecular complexity index is 705. The predicted octanol–water partition coefficient (Wildman–Crippen LogP) is -0.110. The van der Waals surface area contributed by atoms with E-state index in [1.807, 2.05) is 0 Å². The molecule has 1 aromatic heterocycles. The summed E-state index contributed by atoms with van der Waals surface area (Å²) in [4.78, 5) is 36.4. The smallest absolute Gasteiger partial charge is 0.360 e. The number of methoxy groups -OCH3 is 1. The van der Waals surface area contributed by atoms with E-state index in [0.29, 0.717) is 12.1 Å². The van der Waals surface area contributed by atoms with E-state index in [1.54, 1.807) is 13.8 Å². The number of carbonyl (C=O) groups is 3. The van der Waals surface area contributed by atoms with Crippen molar-refractivity contribution in [1.29, 1.82) is 0 Å². The first-order valence-electron chi connectivity index (χ1n) is 6.98. The number of nitrogens with zero attached hydrogens (tertiary/aromatic N) is 4. The van der Waals surface area contributed by atoms with Gasteiger partial charge in [-0.05, 0) is 13.8 Å². The average molecular weight is 340 g/mol. The molecule has 1 amide bonds. The zero-order valence-electron chi connectivity index (χ0n) is 12.8. The van der Waals surface area contributed by atoms with Crippen LogP contribution in [-0.4, -0.2) is 66.1 Å². The zero-order valence-corrected chi connectivity index (χ0v) is 13.7. The second-order valence-corrected chi connectivity index (χ2v) is 7.52. The van der Waals surface area contributed by atoms with Crippen molar-refractivity contribution in [2.45, 2.75) is 43.0 Å². The van der Waals surface area contributed by atoms with Gasteiger partial charge in [-0.15, -0.1) is 16.9 Å². The van der Waals surface area contributed by atoms with Gasteiger partial charge in [-0.3, -0.25) is 4.79 Å². The lowest BCUT2D eigenvalue weighted by molar-refractivity contribution is -0.157. The molecule has 2 aliphatic heterocycles. The summed E-state index contributed by atoms with van der Waals surface area (Å²) in [6.07, 6.45) is 0.355. The largest absolute Gasteiger partial charge is 0.480 e. The van der Waals surface area contributed by atoms with Crippen molar-refractivity contribution in [1.82, 2.24) is 19.9 Å². The lowest BCUT2D eigenvalue weighted by Crippen LogP contribution is -2.58. The van der Waals surface area contributed by atoms with Crippen molar-refractivity contribution in [2.24, 2.45) is 0 Å². The van der Waals surface area contributed by atoms with Crippen LogP contribution in [0.15, 0.2) is 0 Å². The molecule has 0 saturated carbocycles. The highest BCUT2D eigenvalue weighted by atomic mass is 32.2. The van der Waals surface area contributed by atoms with Crippen LogP contribution >= 0.6 is 11.8 Å². The highest BCUT2D eigenvalue weighted by Gasteiger charge is 2.60. The number of carbonyl (C=O) groups excluding carboxylic acids is 2. The number of β-lactam (4-membered cyclic amide) rings is 1. The van der Waals surface area contributed by atoms with E-state index in [9.17, 15) is 19.5 Å². The van der Waals surface area contributed by atoms with E-state index in [2.05, 4.69) is 15.0 Å². The number of carboxylic acid groups (broad SMARTS) is 1. The number of ether oxygens (including phenoxy) is 1. The van der Waals surface area contributed by atoms with Crippen LogP contribution in [0.3, 0.4) is 0 Å². The van der Waals surface area contributed by atoms with E-state index >= 15 is 0 Å². The van der Waals surface area contributed by atoms with E-state index in [4.69, 9.17) is 0 Å². The van der Waals surface area contributed by atoms with Gasteiger partial charge in [-0.2, -0.15) is 0 Å². The predicted molar refractivity (Wildman–Crippen MR) is 78.8 cm³/mol. The summed E-state index contributed by atoms with van der Waals surface area (Å²) in [7, 11) is 1.26. The third-order valence-electron chi connectivity index (χ3n) is 4.27. The Morgan fingerprint density at radius 3 is 2.78 bits per heavy atom. The number of aromatic nitrogens is 3. The van der Waals surface area contributed by atoms with Crippen LogP contribution in [0.25, 0.3) is 0 Å². The normalized spacial score (nSPS) is 29.2. The molecule has 10 heteroatoms. The van der Waals surface area contributed by atoms with Gasteiger partial charge in [-0.25, -0.2) is 14.3 Å². The fourth-order valence-corrected chi connectivity index (χ4v) is 4.82. The molecule has 9 nitrogen and oxygen atoms in total. The maximum atomic E-state index is 11.7. The number of carboxylic acids is 1. The minimum atomic E-state index is -1.04. The van der Waals surface area contributed by atoms with Crippen LogP contribution in [0.5, 0.6) is 0 Å². The molecule has 2 saturated heterocycles. The van der Waals surface area contributed by atoms with Crippen molar-refractivity contribution in [3.63, 3.8) is 0 Å². The van der Waals surface area contributed by atoms with Crippen LogP contribution in [0.2, 0.25) is 0 Å². The van der Waals surface area contributed by atoms with Gasteiger partial charge in [0.25, 0.3) is 0 Å². The molecule has 0 radical (unpaired) electrons. The monoisotopic (exact) mass is 340 g/mol. The minimum Gasteiger partial charge on any atom is -0.480 e. The molecule has 0 spiro atoms. The number of thioether (sulfide) groups is 1. The lowest BCUT2D eigenvalue weighted by atomic mass is 9.96. The van der Waals surface area contributed by atoms with Gasteiger partial charge in [0.1, 0.15) is 6.04 Å². The molecule has 3 unspecified atom stereocenters. The van der Waals surface area contributed by atoms with E-state index in [-0.39, 0.29) is 23.5 Å². The van der Waals surface area contributed by atoms with Crippen molar-refractivity contribution < 1.29 is 24.2 Å². The third-order valence-corrected chi connectivity index (χ3v) is 5.82. The topological polar surface area (TPSA) is 115 Å². The molecular weight excluding hydrogens is 324 g/mol. The van der Waals surface area contributed by atoms with Crippen LogP contribution < -0.4 is 0 Å². The highest BCUT2D eigenvalue weighted by Crippen LogP contribution is 2.51. The Kier molecular flexibility index (Phi) is 3.58. The van der Waals surface area contributed by atoms with Gasteiger partial charge in [-0.1, -0.05) is 5.21 Å². The molecule has 3 rings (SSSR count). The Labute approximate surface area is 136 Å². The van der Waals surface area contributed by atoms with E-state index in [1.165, 1.54) is 28.5 Å². The van der Waals surface area contributed by atoms with Gasteiger partial charge < -0.3 is 14.7 Å². The zero-order chi connectivity index (χ0) is 16.9. The van der Waals surface area contributed by atoms with Crippen molar-refractivity contribution in [3.05, 3.63) is 11.4 Å². The highest BCUT2D eigenvalue weighted by molar-refractivity contribution is 8.01. The van der Waals surface area contributed by atoms with E-state index < -0.39 is 22.7 Å². The van der Waals surface area contributed by atoms with Crippen molar-refractivity contribution in [2.75, 3.05) is 7.11 Å². The van der Waals surface area contributed by atoms with Crippen LogP contribution in [0.1, 0.15) is 29.5 Å². The summed E-state index contributed by atoms with van der Waals surface area (Å²) in [5, 5.41) is 17.2. The van der Waals surface area contributed by atoms with Gasteiger partial charge in [0.15, 0.2) is 5.69 Å². The molecule has 3 heterocycles. The molecule has 0 bridgehead atoms. The third kappa shape index (κ3) is 2.28. The van der Waals surface area contributed by atoms with E-state index in [0.717, 1.165) is 0 Å². The Morgan fingerprint density at radius 1 is 1.52 bits per heavy atom. The fraction of sp³-hybridized carbons (Fsp3) is 0.615. The molecular formula is C13H16N4O5S. The molecule has 23 heavy (non-hydrogen) atoms. The van der Waals surface area contributed by atoms with Gasteiger partial charge in [0.05, 0.1) is 35.9 Å². The summed E-state index contributed by atoms with van der Waals surface area (Å²) in [5.41, 5.74) is 0.605. The first kappa shape index (κ1) is 15.8. The fourth-order valence-electron chi connectivity index (χ4n) is 3.08. The number of rotatable bonds is 4. The first-order chi connectivity index (χ1) is 10.8. The Morgan fingerprint density at radius 2 is 2.22 bits per heavy atom. The van der Waals surface area contributed by atoms with Crippen LogP contribution in [0, 0.1) is 6.92 Å². The maximum Gasteiger partial charge on any atom is 0.360 e. The number of esters is 1. The Balaban J connectivity index is 1.89. The lowest BCUT2D eigenvalue weighted by Gasteiger charge is -2.36. The van der Waals surface area contributed by atoms with Crippen molar-refractivity contribution in [3.8, 4) is 0 Å². The second-order valence-electron chi connectivity index (χ2n) is 5.80. The number of hydrogen-bond donors (Lipinski definition) is 1. The molecule has 0 aromatic carbocycles. The second kappa shape index (κ2) is 5.22. The number of amides is 1. The first-order valence-corrected chi connectivity index (χ1v) is 7.86. The van der Waals surface area contributed by atoms with Crippen LogP contribution in [-0.2, 0) is 20.9 Å². The average Bonchev–Trinajstić information content (AvgIpc) is 2.94. The number of hydrogen-bond acceptors (Lipinski definition) is 7. The maximum absolute atomic E-state index is 11.7. The van der Waals surface area contributed by atoms with Gasteiger partial charge in [0, 0.05) is 0 Å². The summed E-state index contributed by atoms with van der Waals surface area (Å²) >= 11 is 1.45. The SMILES string of the molecule is COC(=O)c1nnn(CC2(C)SC3CC(=O)N3C2C(=O)O)c1C. The molecule has 3 atom stereocenters. The molecule has 124 valence electrons. The standard InChI is InChI=1S/C13H16N4O5S/c1-6-9(12(21)22-3)14-15-16(6)5-13(2)10(11(19)20)17-7(18)4-8(17)23-13/h8,10H,4-5H2,1-3H3,(H,19,20). The molecule has 1 N–H and O–H groups in total. The molecule has 1 aromatic rings. The van der Waals surface area contributed by atoms with Crippen molar-refractivity contribution >= 4 is 29.6 Å². The summed E-state index contributed by atoms with van der Waals surface area (Å²) in [5.74, 6) is -1.78. The Hall–Kier alpha value is -2.10. The summed E-state index contributed by atoms with van der Waals surface area (Å²) < 4.78 is 5.37. The summed E-state index contributed by atoms with van der Waals surface area (Å²) in [6.45, 7) is 3.69. The molecule has 0 aliphatic carbocycles. The number of fused-ring (bicyclic) bond motifs is 1.